The Balaban J connectivity index is 1.51. The molecule has 11 unspecified atom stereocenters. The number of aliphatic carboxylic acids is 1. The SMILES string of the molecule is CC(CCC(=O)O)C1CCC2C1C(O)CC1C3CCC(O)CC3CC(O)C12. The summed E-state index contributed by atoms with van der Waals surface area (Å²) in [4.78, 5) is 11.0. The van der Waals surface area contributed by atoms with Gasteiger partial charge < -0.3 is 20.4 Å². The Morgan fingerprint density at radius 2 is 1.59 bits per heavy atom. The lowest BCUT2D eigenvalue weighted by Crippen LogP contribution is -2.55. The van der Waals surface area contributed by atoms with E-state index in [1.54, 1.807) is 0 Å². The van der Waals surface area contributed by atoms with E-state index in [0.29, 0.717) is 41.9 Å². The van der Waals surface area contributed by atoms with E-state index in [9.17, 15) is 20.1 Å². The van der Waals surface area contributed by atoms with Crippen LogP contribution in [0.1, 0.15) is 64.7 Å². The van der Waals surface area contributed by atoms with Crippen LogP contribution < -0.4 is 0 Å². The maximum atomic E-state index is 11.1. The summed E-state index contributed by atoms with van der Waals surface area (Å²) in [5, 5.41) is 41.2. The van der Waals surface area contributed by atoms with Crippen LogP contribution >= 0.6 is 0 Å². The molecule has 0 radical (unpaired) electrons. The zero-order valence-electron chi connectivity index (χ0n) is 16.4. The van der Waals surface area contributed by atoms with Gasteiger partial charge in [-0.2, -0.15) is 0 Å². The molecular weight excluding hydrogens is 344 g/mol. The third kappa shape index (κ3) is 3.56. The van der Waals surface area contributed by atoms with Crippen molar-refractivity contribution >= 4 is 5.97 Å². The smallest absolute Gasteiger partial charge is 0.303 e. The van der Waals surface area contributed by atoms with E-state index >= 15 is 0 Å². The first-order chi connectivity index (χ1) is 12.9. The Morgan fingerprint density at radius 3 is 2.33 bits per heavy atom. The summed E-state index contributed by atoms with van der Waals surface area (Å²) in [6.07, 6.45) is 6.42. The normalized spacial score (nSPS) is 50.4. The van der Waals surface area contributed by atoms with Gasteiger partial charge in [-0.1, -0.05) is 6.92 Å². The first-order valence-electron chi connectivity index (χ1n) is 11.1. The number of carbonyl (C=O) groups is 1. The van der Waals surface area contributed by atoms with Gasteiger partial charge in [-0.15, -0.1) is 0 Å². The van der Waals surface area contributed by atoms with Crippen LogP contribution in [-0.2, 0) is 4.79 Å². The molecule has 0 amide bonds. The Labute approximate surface area is 162 Å². The minimum absolute atomic E-state index is 0.200. The van der Waals surface area contributed by atoms with Crippen molar-refractivity contribution in [3.05, 3.63) is 0 Å². The number of rotatable bonds is 4. The third-order valence-electron chi connectivity index (χ3n) is 8.87. The average Bonchev–Trinajstić information content (AvgIpc) is 3.05. The van der Waals surface area contributed by atoms with Crippen LogP contribution in [-0.4, -0.2) is 44.7 Å². The van der Waals surface area contributed by atoms with Gasteiger partial charge in [0, 0.05) is 6.42 Å². The quantitative estimate of drug-likeness (QED) is 0.601. The molecule has 154 valence electrons. The van der Waals surface area contributed by atoms with Gasteiger partial charge in [-0.25, -0.2) is 0 Å². The molecule has 0 aliphatic heterocycles. The molecule has 0 heterocycles. The average molecular weight is 381 g/mol. The molecule has 0 bridgehead atoms. The van der Waals surface area contributed by atoms with E-state index in [0.717, 1.165) is 44.9 Å². The predicted octanol–water partition coefficient (Wildman–Crippen LogP) is 2.67. The maximum Gasteiger partial charge on any atom is 0.303 e. The highest BCUT2D eigenvalue weighted by Gasteiger charge is 2.57. The summed E-state index contributed by atoms with van der Waals surface area (Å²) in [5.74, 6) is 2.15. The van der Waals surface area contributed by atoms with Gasteiger partial charge in [-0.3, -0.25) is 4.79 Å². The zero-order valence-corrected chi connectivity index (χ0v) is 16.4. The molecule has 0 saturated heterocycles. The maximum absolute atomic E-state index is 11.1. The molecule has 4 N–H and O–H groups in total. The molecule has 5 nitrogen and oxygen atoms in total. The number of aliphatic hydroxyl groups excluding tert-OH is 3. The second-order valence-corrected chi connectivity index (χ2v) is 10.1. The van der Waals surface area contributed by atoms with E-state index in [-0.39, 0.29) is 36.6 Å². The van der Waals surface area contributed by atoms with Crippen molar-refractivity contribution in [1.29, 1.82) is 0 Å². The third-order valence-corrected chi connectivity index (χ3v) is 8.87. The minimum Gasteiger partial charge on any atom is -0.481 e. The first kappa shape index (κ1) is 19.7. The lowest BCUT2D eigenvalue weighted by atomic mass is 9.51. The van der Waals surface area contributed by atoms with Crippen molar-refractivity contribution in [2.75, 3.05) is 0 Å². The van der Waals surface area contributed by atoms with Crippen LogP contribution in [0.4, 0.5) is 0 Å². The van der Waals surface area contributed by atoms with Gasteiger partial charge >= 0.3 is 5.97 Å². The zero-order chi connectivity index (χ0) is 19.3. The van der Waals surface area contributed by atoms with E-state index in [1.165, 1.54) is 0 Å². The van der Waals surface area contributed by atoms with E-state index in [1.807, 2.05) is 0 Å². The molecule has 4 aliphatic carbocycles. The van der Waals surface area contributed by atoms with Crippen LogP contribution in [0.5, 0.6) is 0 Å². The lowest BCUT2D eigenvalue weighted by molar-refractivity contribution is -0.146. The van der Waals surface area contributed by atoms with Gasteiger partial charge in [0.05, 0.1) is 18.3 Å². The summed E-state index contributed by atoms with van der Waals surface area (Å²) in [5.41, 5.74) is 0. The number of aliphatic hydroxyl groups is 3. The Morgan fingerprint density at radius 1 is 0.889 bits per heavy atom. The molecular formula is C22H36O5. The predicted molar refractivity (Wildman–Crippen MR) is 101 cm³/mol. The van der Waals surface area contributed by atoms with Gasteiger partial charge in [0.1, 0.15) is 0 Å². The first-order valence-corrected chi connectivity index (χ1v) is 11.1. The number of fused-ring (bicyclic) bond motifs is 5. The van der Waals surface area contributed by atoms with Crippen LogP contribution in [0.3, 0.4) is 0 Å². The minimum atomic E-state index is -0.742. The second-order valence-electron chi connectivity index (χ2n) is 10.1. The fourth-order valence-corrected chi connectivity index (χ4v) is 7.84. The highest BCUT2D eigenvalue weighted by molar-refractivity contribution is 5.66. The molecule has 5 heteroatoms. The molecule has 27 heavy (non-hydrogen) atoms. The summed E-state index contributed by atoms with van der Waals surface area (Å²) in [7, 11) is 0. The van der Waals surface area contributed by atoms with E-state index < -0.39 is 5.97 Å². The summed E-state index contributed by atoms with van der Waals surface area (Å²) >= 11 is 0. The van der Waals surface area contributed by atoms with Crippen LogP contribution in [0.25, 0.3) is 0 Å². The summed E-state index contributed by atoms with van der Waals surface area (Å²) in [6.45, 7) is 2.14. The number of hydrogen-bond acceptors (Lipinski definition) is 4. The van der Waals surface area contributed by atoms with Crippen molar-refractivity contribution in [2.45, 2.75) is 83.0 Å². The topological polar surface area (TPSA) is 98.0 Å². The van der Waals surface area contributed by atoms with Crippen molar-refractivity contribution in [3.63, 3.8) is 0 Å². The molecule has 0 spiro atoms. The fraction of sp³-hybridized carbons (Fsp3) is 0.955. The summed E-state index contributed by atoms with van der Waals surface area (Å²) < 4.78 is 0. The standard InChI is InChI=1S/C22H36O5/c1-11(2-7-20(26)27)14-5-6-16-21(14)19(25)10-17-15-4-3-13(23)8-12(15)9-18(24)22(16)17/h11-19,21-25H,2-10H2,1H3,(H,26,27). The Bertz CT molecular complexity index is 551. The van der Waals surface area contributed by atoms with Crippen molar-refractivity contribution < 1.29 is 25.2 Å². The van der Waals surface area contributed by atoms with Crippen molar-refractivity contribution in [3.8, 4) is 0 Å². The monoisotopic (exact) mass is 380 g/mol. The fourth-order valence-electron chi connectivity index (χ4n) is 7.84. The molecule has 4 rings (SSSR count). The highest BCUT2D eigenvalue weighted by Crippen LogP contribution is 2.60. The Kier molecular flexibility index (Phi) is 5.56. The molecule has 4 fully saturated rings. The lowest BCUT2D eigenvalue weighted by Gasteiger charge is -2.56. The van der Waals surface area contributed by atoms with Crippen LogP contribution in [0.15, 0.2) is 0 Å². The van der Waals surface area contributed by atoms with Crippen LogP contribution in [0.2, 0.25) is 0 Å². The Hall–Kier alpha value is -0.650. The van der Waals surface area contributed by atoms with Crippen LogP contribution in [0, 0.1) is 47.3 Å². The van der Waals surface area contributed by atoms with E-state index in [2.05, 4.69) is 6.92 Å². The van der Waals surface area contributed by atoms with Gasteiger partial charge in [0.2, 0.25) is 0 Å². The molecule has 11 atom stereocenters. The number of carboxylic acid groups (broad SMARTS) is 1. The molecule has 0 aromatic heterocycles. The number of carboxylic acids is 1. The number of hydrogen-bond donors (Lipinski definition) is 4. The second kappa shape index (κ2) is 7.64. The van der Waals surface area contributed by atoms with Gasteiger partial charge in [-0.05, 0) is 98.7 Å². The summed E-state index contributed by atoms with van der Waals surface area (Å²) in [6, 6.07) is 0. The van der Waals surface area contributed by atoms with E-state index in [4.69, 9.17) is 5.11 Å². The highest BCUT2D eigenvalue weighted by atomic mass is 16.4. The molecule has 4 aliphatic rings. The largest absolute Gasteiger partial charge is 0.481 e. The van der Waals surface area contributed by atoms with Crippen molar-refractivity contribution in [2.24, 2.45) is 47.3 Å². The van der Waals surface area contributed by atoms with Gasteiger partial charge in [0.25, 0.3) is 0 Å². The molecule has 4 saturated carbocycles. The van der Waals surface area contributed by atoms with Gasteiger partial charge in [0.15, 0.2) is 0 Å². The molecule has 0 aromatic carbocycles. The molecule has 0 aromatic rings. The van der Waals surface area contributed by atoms with Crippen molar-refractivity contribution in [1.82, 2.24) is 0 Å².